The van der Waals surface area contributed by atoms with E-state index in [0.717, 1.165) is 24.2 Å². The minimum atomic E-state index is -0.108. The van der Waals surface area contributed by atoms with Crippen molar-refractivity contribution in [2.75, 3.05) is 25.0 Å². The first-order chi connectivity index (χ1) is 10.7. The van der Waals surface area contributed by atoms with E-state index in [1.165, 1.54) is 0 Å². The largest absolute Gasteiger partial charge is 0.484 e. The van der Waals surface area contributed by atoms with E-state index in [2.05, 4.69) is 15.6 Å². The molecule has 1 aromatic carbocycles. The monoisotopic (exact) mass is 299 g/mol. The van der Waals surface area contributed by atoms with E-state index in [4.69, 9.17) is 4.74 Å². The van der Waals surface area contributed by atoms with E-state index in [0.29, 0.717) is 12.3 Å². The molecule has 0 spiro atoms. The second-order valence-corrected chi connectivity index (χ2v) is 4.98. The first-order valence-corrected chi connectivity index (χ1v) is 7.34. The smallest absolute Gasteiger partial charge is 0.257 e. The molecule has 1 aromatic heterocycles. The topological polar surface area (TPSA) is 63.2 Å². The molecule has 5 nitrogen and oxygen atoms in total. The maximum absolute atomic E-state index is 11.7. The lowest BCUT2D eigenvalue weighted by atomic mass is 10.2. The van der Waals surface area contributed by atoms with Crippen molar-refractivity contribution < 1.29 is 9.53 Å². The SMILES string of the molecule is Cc1cccc(OCC(=O)NCCCNc2cccnc2)c1. The number of nitrogens with zero attached hydrogens (tertiary/aromatic N) is 1. The van der Waals surface area contributed by atoms with E-state index < -0.39 is 0 Å². The van der Waals surface area contributed by atoms with Crippen LogP contribution in [0.1, 0.15) is 12.0 Å². The van der Waals surface area contributed by atoms with Gasteiger partial charge in [0.15, 0.2) is 6.61 Å². The Morgan fingerprint density at radius 3 is 2.91 bits per heavy atom. The number of hydrogen-bond donors (Lipinski definition) is 2. The quantitative estimate of drug-likeness (QED) is 0.735. The summed E-state index contributed by atoms with van der Waals surface area (Å²) in [4.78, 5) is 15.7. The van der Waals surface area contributed by atoms with E-state index >= 15 is 0 Å². The summed E-state index contributed by atoms with van der Waals surface area (Å²) in [5, 5.41) is 6.07. The van der Waals surface area contributed by atoms with Gasteiger partial charge in [0.25, 0.3) is 5.91 Å². The zero-order valence-corrected chi connectivity index (χ0v) is 12.7. The number of aryl methyl sites for hydroxylation is 1. The lowest BCUT2D eigenvalue weighted by Crippen LogP contribution is -2.30. The van der Waals surface area contributed by atoms with Gasteiger partial charge in [-0.1, -0.05) is 12.1 Å². The average molecular weight is 299 g/mol. The van der Waals surface area contributed by atoms with Crippen LogP contribution < -0.4 is 15.4 Å². The van der Waals surface area contributed by atoms with Gasteiger partial charge in [-0.3, -0.25) is 9.78 Å². The summed E-state index contributed by atoms with van der Waals surface area (Å²) in [6.45, 7) is 3.43. The summed E-state index contributed by atoms with van der Waals surface area (Å²) in [6.07, 6.45) is 4.35. The molecule has 0 radical (unpaired) electrons. The highest BCUT2D eigenvalue weighted by molar-refractivity contribution is 5.77. The molecule has 116 valence electrons. The van der Waals surface area contributed by atoms with Crippen LogP contribution in [0.4, 0.5) is 5.69 Å². The van der Waals surface area contributed by atoms with Crippen molar-refractivity contribution >= 4 is 11.6 Å². The Balaban J connectivity index is 1.56. The normalized spacial score (nSPS) is 10.0. The molecule has 0 aliphatic rings. The number of hydrogen-bond acceptors (Lipinski definition) is 4. The van der Waals surface area contributed by atoms with Crippen molar-refractivity contribution in [1.29, 1.82) is 0 Å². The van der Waals surface area contributed by atoms with Gasteiger partial charge in [0, 0.05) is 25.5 Å². The number of carbonyl (C=O) groups excluding carboxylic acids is 1. The fraction of sp³-hybridized carbons (Fsp3) is 0.294. The van der Waals surface area contributed by atoms with Crippen LogP contribution in [-0.4, -0.2) is 30.6 Å². The Hall–Kier alpha value is -2.56. The molecular weight excluding hydrogens is 278 g/mol. The minimum Gasteiger partial charge on any atom is -0.484 e. The summed E-state index contributed by atoms with van der Waals surface area (Å²) in [5.74, 6) is 0.608. The Morgan fingerprint density at radius 2 is 2.14 bits per heavy atom. The molecule has 0 saturated heterocycles. The summed E-state index contributed by atoms with van der Waals surface area (Å²) in [6, 6.07) is 11.5. The van der Waals surface area contributed by atoms with Crippen molar-refractivity contribution in [3.8, 4) is 5.75 Å². The molecule has 22 heavy (non-hydrogen) atoms. The summed E-state index contributed by atoms with van der Waals surface area (Å²) < 4.78 is 5.44. The standard InChI is InChI=1S/C17H21N3O2/c1-14-5-2-7-16(11-14)22-13-17(21)20-10-4-9-19-15-6-3-8-18-12-15/h2-3,5-8,11-12,19H,4,9-10,13H2,1H3,(H,20,21). The van der Waals surface area contributed by atoms with Gasteiger partial charge in [0.05, 0.1) is 5.69 Å². The molecule has 0 aliphatic heterocycles. The van der Waals surface area contributed by atoms with Crippen LogP contribution in [-0.2, 0) is 4.79 Å². The van der Waals surface area contributed by atoms with Crippen LogP contribution in [0, 0.1) is 6.92 Å². The maximum atomic E-state index is 11.7. The predicted octanol–water partition coefficient (Wildman–Crippen LogP) is 2.39. The summed E-state index contributed by atoms with van der Waals surface area (Å²) in [7, 11) is 0. The van der Waals surface area contributed by atoms with E-state index in [-0.39, 0.29) is 12.5 Å². The number of benzene rings is 1. The highest BCUT2D eigenvalue weighted by Crippen LogP contribution is 2.11. The molecule has 0 aliphatic carbocycles. The third-order valence-corrected chi connectivity index (χ3v) is 3.03. The molecule has 0 atom stereocenters. The first kappa shape index (κ1) is 15.8. The number of nitrogens with one attached hydrogen (secondary N) is 2. The van der Waals surface area contributed by atoms with E-state index in [1.807, 2.05) is 43.3 Å². The second-order valence-electron chi connectivity index (χ2n) is 4.98. The van der Waals surface area contributed by atoms with Crippen molar-refractivity contribution in [3.05, 3.63) is 54.4 Å². The van der Waals surface area contributed by atoms with Crippen LogP contribution in [0.2, 0.25) is 0 Å². The van der Waals surface area contributed by atoms with E-state index in [9.17, 15) is 4.79 Å². The molecule has 2 aromatic rings. The van der Waals surface area contributed by atoms with Crippen LogP contribution in [0.25, 0.3) is 0 Å². The molecule has 2 N–H and O–H groups in total. The number of ether oxygens (including phenoxy) is 1. The molecule has 0 unspecified atom stereocenters. The van der Waals surface area contributed by atoms with Gasteiger partial charge in [0.2, 0.25) is 0 Å². The van der Waals surface area contributed by atoms with Crippen molar-refractivity contribution in [1.82, 2.24) is 10.3 Å². The van der Waals surface area contributed by atoms with Gasteiger partial charge in [-0.25, -0.2) is 0 Å². The molecule has 1 amide bonds. The van der Waals surface area contributed by atoms with Gasteiger partial charge in [-0.2, -0.15) is 0 Å². The fourth-order valence-electron chi connectivity index (χ4n) is 1.92. The zero-order valence-electron chi connectivity index (χ0n) is 12.7. The van der Waals surface area contributed by atoms with Crippen LogP contribution in [0.15, 0.2) is 48.8 Å². The van der Waals surface area contributed by atoms with Crippen molar-refractivity contribution in [2.24, 2.45) is 0 Å². The molecule has 5 heteroatoms. The van der Waals surface area contributed by atoms with Crippen molar-refractivity contribution in [2.45, 2.75) is 13.3 Å². The Bertz CT molecular complexity index is 587. The third-order valence-electron chi connectivity index (χ3n) is 3.03. The lowest BCUT2D eigenvalue weighted by molar-refractivity contribution is -0.123. The van der Waals surface area contributed by atoms with Gasteiger partial charge >= 0.3 is 0 Å². The van der Waals surface area contributed by atoms with Gasteiger partial charge in [-0.05, 0) is 43.2 Å². The van der Waals surface area contributed by atoms with Crippen LogP contribution in [0.3, 0.4) is 0 Å². The molecule has 2 rings (SSSR count). The van der Waals surface area contributed by atoms with Crippen molar-refractivity contribution in [3.63, 3.8) is 0 Å². The Labute approximate surface area is 130 Å². The lowest BCUT2D eigenvalue weighted by Gasteiger charge is -2.09. The molecule has 0 saturated carbocycles. The number of rotatable bonds is 8. The third kappa shape index (κ3) is 5.83. The summed E-state index contributed by atoms with van der Waals surface area (Å²) in [5.41, 5.74) is 2.09. The number of amides is 1. The van der Waals surface area contributed by atoms with Gasteiger partial charge < -0.3 is 15.4 Å². The maximum Gasteiger partial charge on any atom is 0.257 e. The molecule has 0 fully saturated rings. The minimum absolute atomic E-state index is 0.0412. The number of aromatic nitrogens is 1. The predicted molar refractivity (Wildman–Crippen MR) is 87.0 cm³/mol. The van der Waals surface area contributed by atoms with Crippen LogP contribution in [0.5, 0.6) is 5.75 Å². The highest BCUT2D eigenvalue weighted by atomic mass is 16.5. The van der Waals surface area contributed by atoms with Gasteiger partial charge in [-0.15, -0.1) is 0 Å². The number of anilines is 1. The average Bonchev–Trinajstić information content (AvgIpc) is 2.54. The fourth-order valence-corrected chi connectivity index (χ4v) is 1.92. The first-order valence-electron chi connectivity index (χ1n) is 7.34. The Morgan fingerprint density at radius 1 is 1.23 bits per heavy atom. The highest BCUT2D eigenvalue weighted by Gasteiger charge is 2.02. The zero-order chi connectivity index (χ0) is 15.6. The second kappa shape index (κ2) is 8.67. The Kier molecular flexibility index (Phi) is 6.23. The number of pyridine rings is 1. The number of carbonyl (C=O) groups is 1. The van der Waals surface area contributed by atoms with Crippen LogP contribution >= 0.6 is 0 Å². The molecule has 0 bridgehead atoms. The van der Waals surface area contributed by atoms with Gasteiger partial charge in [0.1, 0.15) is 5.75 Å². The summed E-state index contributed by atoms with van der Waals surface area (Å²) >= 11 is 0. The molecule has 1 heterocycles. The molecular formula is C17H21N3O2. The van der Waals surface area contributed by atoms with E-state index in [1.54, 1.807) is 12.4 Å².